The summed E-state index contributed by atoms with van der Waals surface area (Å²) in [5.41, 5.74) is 0.431. The van der Waals surface area contributed by atoms with Gasteiger partial charge in [0.1, 0.15) is 5.82 Å². The van der Waals surface area contributed by atoms with Crippen molar-refractivity contribution in [3.8, 4) is 0 Å². The van der Waals surface area contributed by atoms with Gasteiger partial charge in [-0.05, 0) is 29.9 Å². The van der Waals surface area contributed by atoms with Crippen molar-refractivity contribution in [1.82, 2.24) is 4.31 Å². The average molecular weight is 324 g/mol. The van der Waals surface area contributed by atoms with Gasteiger partial charge in [0.25, 0.3) is 0 Å². The molecule has 1 unspecified atom stereocenters. The van der Waals surface area contributed by atoms with Crippen molar-refractivity contribution in [1.29, 1.82) is 0 Å². The lowest BCUT2D eigenvalue weighted by atomic mass is 10.2. The van der Waals surface area contributed by atoms with Crippen LogP contribution < -0.4 is 0 Å². The van der Waals surface area contributed by atoms with Gasteiger partial charge in [0.05, 0.1) is 4.90 Å². The van der Waals surface area contributed by atoms with E-state index < -0.39 is 15.8 Å². The largest absolute Gasteiger partial charge is 0.243 e. The van der Waals surface area contributed by atoms with Crippen LogP contribution in [0.15, 0.2) is 23.1 Å². The Bertz CT molecular complexity index is 559. The van der Waals surface area contributed by atoms with Gasteiger partial charge in [-0.2, -0.15) is 16.1 Å². The molecule has 0 bridgehead atoms. The van der Waals surface area contributed by atoms with Crippen LogP contribution in [0.3, 0.4) is 0 Å². The Labute approximate surface area is 122 Å². The highest BCUT2D eigenvalue weighted by Gasteiger charge is 2.31. The summed E-state index contributed by atoms with van der Waals surface area (Å²) < 4.78 is 39.8. The van der Waals surface area contributed by atoms with E-state index in [9.17, 15) is 12.8 Å². The molecule has 7 heteroatoms. The molecular weight excluding hydrogens is 309 g/mol. The molecule has 0 amide bonds. The zero-order chi connectivity index (χ0) is 14.0. The fraction of sp³-hybridized carbons (Fsp3) is 0.500. The molecule has 1 saturated heterocycles. The summed E-state index contributed by atoms with van der Waals surface area (Å²) >= 11 is 7.47. The molecule has 0 spiro atoms. The molecule has 0 N–H and O–H groups in total. The minimum atomic E-state index is -3.69. The first-order valence-corrected chi connectivity index (χ1v) is 9.00. The second kappa shape index (κ2) is 5.99. The summed E-state index contributed by atoms with van der Waals surface area (Å²) in [6.45, 7) is 0. The summed E-state index contributed by atoms with van der Waals surface area (Å²) in [5.74, 6) is 1.21. The zero-order valence-electron chi connectivity index (χ0n) is 10.5. The fourth-order valence-electron chi connectivity index (χ4n) is 2.04. The zero-order valence-corrected chi connectivity index (χ0v) is 12.9. The van der Waals surface area contributed by atoms with E-state index in [4.69, 9.17) is 11.6 Å². The smallest absolute Gasteiger partial charge is 0.207 e. The van der Waals surface area contributed by atoms with Gasteiger partial charge in [-0.1, -0.05) is 6.07 Å². The maximum atomic E-state index is 13.3. The maximum Gasteiger partial charge on any atom is 0.243 e. The summed E-state index contributed by atoms with van der Waals surface area (Å²) in [4.78, 5) is -0.0260. The Balaban J connectivity index is 2.40. The first kappa shape index (κ1) is 15.1. The van der Waals surface area contributed by atoms with Gasteiger partial charge in [-0.3, -0.25) is 0 Å². The quantitative estimate of drug-likeness (QED) is 0.800. The standard InChI is InChI=1S/C12H15ClFNO2S2/c1-15(11-4-5-18-8-11)19(16,17)12-6-10(14)3-2-9(12)7-13/h2-3,6,11H,4-5,7-8H2,1H3. The summed E-state index contributed by atoms with van der Waals surface area (Å²) in [7, 11) is -2.14. The number of alkyl halides is 1. The number of nitrogens with zero attached hydrogens (tertiary/aromatic N) is 1. The van der Waals surface area contributed by atoms with Crippen LogP contribution in [0.4, 0.5) is 4.39 Å². The molecule has 1 aliphatic rings. The van der Waals surface area contributed by atoms with Gasteiger partial charge < -0.3 is 0 Å². The van der Waals surface area contributed by atoms with Gasteiger partial charge in [0, 0.05) is 24.7 Å². The molecule has 1 aliphatic heterocycles. The molecule has 1 aromatic rings. The lowest BCUT2D eigenvalue weighted by Crippen LogP contribution is -2.37. The molecule has 1 atom stereocenters. The van der Waals surface area contributed by atoms with E-state index in [0.29, 0.717) is 5.56 Å². The van der Waals surface area contributed by atoms with E-state index in [1.807, 2.05) is 0 Å². The lowest BCUT2D eigenvalue weighted by Gasteiger charge is -2.24. The Hall–Kier alpha value is -0.300. The third kappa shape index (κ3) is 3.07. The molecule has 19 heavy (non-hydrogen) atoms. The number of halogens is 2. The Kier molecular flexibility index (Phi) is 4.76. The molecule has 2 rings (SSSR count). The predicted octanol–water partition coefficient (Wildman–Crippen LogP) is 2.69. The van der Waals surface area contributed by atoms with Crippen molar-refractivity contribution in [2.45, 2.75) is 23.2 Å². The third-order valence-corrected chi connectivity index (χ3v) is 6.68. The summed E-state index contributed by atoms with van der Waals surface area (Å²) in [5, 5.41) is 0. The first-order valence-electron chi connectivity index (χ1n) is 5.87. The third-order valence-electron chi connectivity index (χ3n) is 3.25. The van der Waals surface area contributed by atoms with Crippen LogP contribution in [0.1, 0.15) is 12.0 Å². The molecular formula is C12H15ClFNO2S2. The summed E-state index contributed by atoms with van der Waals surface area (Å²) in [6, 6.07) is 3.67. The van der Waals surface area contributed by atoms with Crippen molar-refractivity contribution in [3.05, 3.63) is 29.6 Å². The predicted molar refractivity (Wildman–Crippen MR) is 76.6 cm³/mol. The number of hydrogen-bond donors (Lipinski definition) is 0. The van der Waals surface area contributed by atoms with Crippen LogP contribution in [0, 0.1) is 5.82 Å². The Morgan fingerprint density at radius 2 is 2.26 bits per heavy atom. The van der Waals surface area contributed by atoms with Crippen molar-refractivity contribution < 1.29 is 12.8 Å². The van der Waals surface area contributed by atoms with Crippen LogP contribution in [0.25, 0.3) is 0 Å². The van der Waals surface area contributed by atoms with Crippen LogP contribution in [-0.4, -0.2) is 37.3 Å². The van der Waals surface area contributed by atoms with Crippen molar-refractivity contribution >= 4 is 33.4 Å². The van der Waals surface area contributed by atoms with Crippen LogP contribution >= 0.6 is 23.4 Å². The van der Waals surface area contributed by atoms with E-state index in [-0.39, 0.29) is 16.8 Å². The van der Waals surface area contributed by atoms with Crippen molar-refractivity contribution in [2.75, 3.05) is 18.6 Å². The molecule has 1 heterocycles. The highest BCUT2D eigenvalue weighted by molar-refractivity contribution is 7.99. The highest BCUT2D eigenvalue weighted by atomic mass is 35.5. The Morgan fingerprint density at radius 1 is 1.53 bits per heavy atom. The molecule has 1 fully saturated rings. The van der Waals surface area contributed by atoms with Crippen molar-refractivity contribution in [3.63, 3.8) is 0 Å². The van der Waals surface area contributed by atoms with E-state index in [1.165, 1.54) is 16.4 Å². The monoisotopic (exact) mass is 323 g/mol. The highest BCUT2D eigenvalue weighted by Crippen LogP contribution is 2.28. The SMILES string of the molecule is CN(C1CCSC1)S(=O)(=O)c1cc(F)ccc1CCl. The van der Waals surface area contributed by atoms with Crippen LogP contribution in [0.5, 0.6) is 0 Å². The molecule has 1 aromatic carbocycles. The van der Waals surface area contributed by atoms with Crippen LogP contribution in [0.2, 0.25) is 0 Å². The number of hydrogen-bond acceptors (Lipinski definition) is 3. The fourth-order valence-corrected chi connectivity index (χ4v) is 5.33. The van der Waals surface area contributed by atoms with Gasteiger partial charge in [-0.15, -0.1) is 11.6 Å². The maximum absolute atomic E-state index is 13.3. The number of thioether (sulfide) groups is 1. The summed E-state index contributed by atoms with van der Waals surface area (Å²) in [6.07, 6.45) is 0.825. The normalized spacial score (nSPS) is 20.1. The van der Waals surface area contributed by atoms with Crippen molar-refractivity contribution in [2.24, 2.45) is 0 Å². The first-order chi connectivity index (χ1) is 8.96. The molecule has 106 valence electrons. The van der Waals surface area contributed by atoms with Crippen LogP contribution in [-0.2, 0) is 15.9 Å². The number of sulfonamides is 1. The minimum Gasteiger partial charge on any atom is -0.207 e. The van der Waals surface area contributed by atoms with Gasteiger partial charge >= 0.3 is 0 Å². The lowest BCUT2D eigenvalue weighted by molar-refractivity contribution is 0.394. The average Bonchev–Trinajstić information content (AvgIpc) is 2.91. The van der Waals surface area contributed by atoms with E-state index in [0.717, 1.165) is 24.0 Å². The van der Waals surface area contributed by atoms with E-state index in [1.54, 1.807) is 18.8 Å². The topological polar surface area (TPSA) is 37.4 Å². The minimum absolute atomic E-state index is 0.0260. The molecule has 3 nitrogen and oxygen atoms in total. The second-order valence-corrected chi connectivity index (χ2v) is 7.81. The van der Waals surface area contributed by atoms with Gasteiger partial charge in [-0.25, -0.2) is 12.8 Å². The second-order valence-electron chi connectivity index (χ2n) is 4.42. The number of rotatable bonds is 4. The molecule has 0 radical (unpaired) electrons. The van der Waals surface area contributed by atoms with Gasteiger partial charge in [0.15, 0.2) is 0 Å². The molecule has 0 aromatic heterocycles. The Morgan fingerprint density at radius 3 is 2.84 bits per heavy atom. The van der Waals surface area contributed by atoms with Gasteiger partial charge in [0.2, 0.25) is 10.0 Å². The van der Waals surface area contributed by atoms with E-state index in [2.05, 4.69) is 0 Å². The molecule has 0 aliphatic carbocycles. The van der Waals surface area contributed by atoms with E-state index >= 15 is 0 Å². The molecule has 0 saturated carbocycles. The number of benzene rings is 1.